The lowest BCUT2D eigenvalue weighted by atomic mass is 10.0. The largest absolute Gasteiger partial charge is 0.496 e. The number of nitrogens with zero attached hydrogens (tertiary/aromatic N) is 1. The van der Waals surface area contributed by atoms with Crippen molar-refractivity contribution in [2.45, 2.75) is 12.8 Å². The van der Waals surface area contributed by atoms with Crippen LogP contribution in [0.5, 0.6) is 5.75 Å². The van der Waals surface area contributed by atoms with E-state index >= 15 is 0 Å². The molecule has 0 aliphatic carbocycles. The lowest BCUT2D eigenvalue weighted by molar-refractivity contribution is 0.415. The van der Waals surface area contributed by atoms with Gasteiger partial charge in [-0.25, -0.2) is 9.37 Å². The zero-order valence-corrected chi connectivity index (χ0v) is 14.1. The summed E-state index contributed by atoms with van der Waals surface area (Å²) in [5.41, 5.74) is 4.82. The quantitative estimate of drug-likeness (QED) is 0.755. The number of pyridine rings is 1. The number of aromatic nitrogens is 2. The Balaban J connectivity index is 1.86. The van der Waals surface area contributed by atoms with Gasteiger partial charge in [0.15, 0.2) is 0 Å². The van der Waals surface area contributed by atoms with Gasteiger partial charge in [-0.2, -0.15) is 0 Å². The van der Waals surface area contributed by atoms with Crippen LogP contribution in [-0.4, -0.2) is 30.2 Å². The van der Waals surface area contributed by atoms with Crippen LogP contribution in [0.1, 0.15) is 18.5 Å². The number of hydrogen-bond acceptors (Lipinski definition) is 3. The molecular weight excluding hydrogens is 317 g/mol. The predicted molar refractivity (Wildman–Crippen MR) is 98.1 cm³/mol. The van der Waals surface area contributed by atoms with Crippen molar-refractivity contribution >= 4 is 16.6 Å². The van der Waals surface area contributed by atoms with Crippen molar-refractivity contribution in [2.75, 3.05) is 20.2 Å². The number of halogens is 1. The van der Waals surface area contributed by atoms with Gasteiger partial charge in [-0.3, -0.25) is 0 Å². The van der Waals surface area contributed by atoms with Crippen LogP contribution in [0.4, 0.5) is 4.39 Å². The fraction of sp³-hybridized carbons (Fsp3) is 0.250. The van der Waals surface area contributed by atoms with E-state index in [2.05, 4.69) is 27.4 Å². The fourth-order valence-electron chi connectivity index (χ4n) is 3.37. The van der Waals surface area contributed by atoms with Crippen LogP contribution in [-0.2, 0) is 0 Å². The normalized spacial score (nSPS) is 15.0. The highest BCUT2D eigenvalue weighted by Gasteiger charge is 2.15. The van der Waals surface area contributed by atoms with Gasteiger partial charge >= 0.3 is 0 Å². The molecule has 0 fully saturated rings. The third-order valence-corrected chi connectivity index (χ3v) is 4.61. The summed E-state index contributed by atoms with van der Waals surface area (Å²) in [6.07, 6.45) is 6.01. The summed E-state index contributed by atoms with van der Waals surface area (Å²) in [7, 11) is 1.60. The van der Waals surface area contributed by atoms with Crippen molar-refractivity contribution in [3.05, 3.63) is 54.1 Å². The highest BCUT2D eigenvalue weighted by Crippen LogP contribution is 2.36. The number of H-pyrrole nitrogens is 1. The van der Waals surface area contributed by atoms with Crippen LogP contribution in [0.15, 0.2) is 42.6 Å². The minimum atomic E-state index is -0.283. The predicted octanol–water partition coefficient (Wildman–Crippen LogP) is 4.14. The molecule has 1 aliphatic rings. The van der Waals surface area contributed by atoms with E-state index in [0.717, 1.165) is 53.8 Å². The van der Waals surface area contributed by atoms with E-state index < -0.39 is 0 Å². The van der Waals surface area contributed by atoms with E-state index in [-0.39, 0.29) is 5.82 Å². The van der Waals surface area contributed by atoms with Crippen molar-refractivity contribution in [2.24, 2.45) is 0 Å². The Morgan fingerprint density at radius 3 is 2.92 bits per heavy atom. The van der Waals surface area contributed by atoms with Crippen molar-refractivity contribution in [3.63, 3.8) is 0 Å². The van der Waals surface area contributed by atoms with Gasteiger partial charge in [0.2, 0.25) is 0 Å². The second-order valence-electron chi connectivity index (χ2n) is 6.17. The van der Waals surface area contributed by atoms with E-state index in [1.807, 2.05) is 6.07 Å². The molecule has 0 radical (unpaired) electrons. The molecule has 0 atom stereocenters. The number of fused-ring (bicyclic) bond motifs is 1. The minimum absolute atomic E-state index is 0.283. The van der Waals surface area contributed by atoms with Gasteiger partial charge in [0.25, 0.3) is 0 Å². The Kier molecular flexibility index (Phi) is 4.24. The average Bonchev–Trinajstić information content (AvgIpc) is 2.88. The fourth-order valence-corrected chi connectivity index (χ4v) is 3.37. The van der Waals surface area contributed by atoms with Gasteiger partial charge in [0, 0.05) is 22.8 Å². The third kappa shape index (κ3) is 3.03. The molecule has 0 saturated heterocycles. The first-order chi connectivity index (χ1) is 12.3. The van der Waals surface area contributed by atoms with Crippen molar-refractivity contribution < 1.29 is 9.13 Å². The Morgan fingerprint density at radius 1 is 1.12 bits per heavy atom. The molecule has 0 spiro atoms. The van der Waals surface area contributed by atoms with E-state index in [1.165, 1.54) is 17.7 Å². The van der Waals surface area contributed by atoms with Gasteiger partial charge in [-0.05, 0) is 67.4 Å². The first-order valence-electron chi connectivity index (χ1n) is 8.48. The molecule has 0 bridgehead atoms. The number of rotatable bonds is 3. The van der Waals surface area contributed by atoms with Crippen LogP contribution in [0.2, 0.25) is 0 Å². The number of aromatic amines is 1. The second kappa shape index (κ2) is 6.69. The summed E-state index contributed by atoms with van der Waals surface area (Å²) >= 11 is 0. The Labute approximate surface area is 145 Å². The van der Waals surface area contributed by atoms with Crippen molar-refractivity contribution in [1.29, 1.82) is 0 Å². The molecule has 3 aromatic rings. The maximum atomic E-state index is 13.8. The van der Waals surface area contributed by atoms with E-state index in [9.17, 15) is 4.39 Å². The standard InChI is InChI=1S/C20H20FN3O/c1-25-19-5-4-14(21)11-16(19)15-7-10-23-20-17(15)12-18(24-20)13-3-2-8-22-9-6-13/h3-5,7,10-12,22H,2,6,8-9H2,1H3,(H,23,24). The van der Waals surface area contributed by atoms with Gasteiger partial charge in [-0.15, -0.1) is 0 Å². The van der Waals surface area contributed by atoms with E-state index in [1.54, 1.807) is 19.4 Å². The van der Waals surface area contributed by atoms with E-state index in [0.29, 0.717) is 5.75 Å². The van der Waals surface area contributed by atoms with Crippen LogP contribution in [0, 0.1) is 5.82 Å². The maximum absolute atomic E-state index is 13.8. The molecule has 2 N–H and O–H groups in total. The van der Waals surface area contributed by atoms with Crippen LogP contribution < -0.4 is 10.1 Å². The summed E-state index contributed by atoms with van der Waals surface area (Å²) in [4.78, 5) is 7.86. The molecule has 4 nitrogen and oxygen atoms in total. The number of nitrogens with one attached hydrogen (secondary N) is 2. The highest BCUT2D eigenvalue weighted by atomic mass is 19.1. The van der Waals surface area contributed by atoms with Gasteiger partial charge in [0.05, 0.1) is 7.11 Å². The number of benzene rings is 1. The summed E-state index contributed by atoms with van der Waals surface area (Å²) in [6.45, 7) is 1.98. The second-order valence-corrected chi connectivity index (χ2v) is 6.17. The Hall–Kier alpha value is -2.66. The summed E-state index contributed by atoms with van der Waals surface area (Å²) in [5.74, 6) is 0.364. The molecule has 5 heteroatoms. The molecule has 0 amide bonds. The summed E-state index contributed by atoms with van der Waals surface area (Å²) in [5, 5.41) is 4.37. The topological polar surface area (TPSA) is 49.9 Å². The zero-order chi connectivity index (χ0) is 17.2. The Morgan fingerprint density at radius 2 is 2.04 bits per heavy atom. The average molecular weight is 337 g/mol. The van der Waals surface area contributed by atoms with Crippen LogP contribution in [0.3, 0.4) is 0 Å². The molecular formula is C20H20FN3O. The highest BCUT2D eigenvalue weighted by molar-refractivity contribution is 5.96. The van der Waals surface area contributed by atoms with Gasteiger partial charge in [-0.1, -0.05) is 6.08 Å². The zero-order valence-electron chi connectivity index (χ0n) is 14.1. The molecule has 128 valence electrons. The maximum Gasteiger partial charge on any atom is 0.138 e. The molecule has 0 saturated carbocycles. The van der Waals surface area contributed by atoms with Crippen LogP contribution >= 0.6 is 0 Å². The third-order valence-electron chi connectivity index (χ3n) is 4.61. The monoisotopic (exact) mass is 337 g/mol. The summed E-state index contributed by atoms with van der Waals surface area (Å²) in [6, 6.07) is 8.59. The number of ether oxygens (including phenoxy) is 1. The van der Waals surface area contributed by atoms with Crippen LogP contribution in [0.25, 0.3) is 27.7 Å². The van der Waals surface area contributed by atoms with Crippen molar-refractivity contribution in [3.8, 4) is 16.9 Å². The number of methoxy groups -OCH3 is 1. The molecule has 3 heterocycles. The molecule has 1 aromatic carbocycles. The molecule has 2 aromatic heterocycles. The summed E-state index contributed by atoms with van der Waals surface area (Å²) < 4.78 is 19.2. The number of hydrogen-bond donors (Lipinski definition) is 2. The molecule has 1 aliphatic heterocycles. The van der Waals surface area contributed by atoms with Gasteiger partial charge < -0.3 is 15.0 Å². The SMILES string of the molecule is COc1ccc(F)cc1-c1ccnc2[nH]c(C3=CCCNCC3)cc12. The Bertz CT molecular complexity index is 945. The molecule has 25 heavy (non-hydrogen) atoms. The molecule has 4 rings (SSSR count). The first kappa shape index (κ1) is 15.8. The lowest BCUT2D eigenvalue weighted by Crippen LogP contribution is -2.13. The minimum Gasteiger partial charge on any atom is -0.496 e. The van der Waals surface area contributed by atoms with Crippen molar-refractivity contribution in [1.82, 2.24) is 15.3 Å². The molecule has 0 unspecified atom stereocenters. The van der Waals surface area contributed by atoms with Gasteiger partial charge in [0.1, 0.15) is 17.2 Å². The smallest absolute Gasteiger partial charge is 0.138 e. The first-order valence-corrected chi connectivity index (χ1v) is 8.48. The van der Waals surface area contributed by atoms with E-state index in [4.69, 9.17) is 4.74 Å². The lowest BCUT2D eigenvalue weighted by Gasteiger charge is -2.09.